The molecule has 2 atom stereocenters. The number of ether oxygens (including phenoxy) is 1. The van der Waals surface area contributed by atoms with Crippen LogP contribution in [0.3, 0.4) is 0 Å². The first kappa shape index (κ1) is 13.5. The summed E-state index contributed by atoms with van der Waals surface area (Å²) in [4.78, 5) is 0. The molecule has 1 aromatic rings. The maximum atomic E-state index is 6.30. The monoisotopic (exact) mass is 244 g/mol. The van der Waals surface area contributed by atoms with Gasteiger partial charge in [0.25, 0.3) is 0 Å². The number of hydrogen-bond donors (Lipinski definition) is 0. The third-order valence-corrected chi connectivity index (χ3v) is 3.47. The van der Waals surface area contributed by atoms with E-state index in [1.165, 1.54) is 5.56 Å². The van der Waals surface area contributed by atoms with Crippen molar-refractivity contribution in [2.24, 2.45) is 0 Å². The summed E-state index contributed by atoms with van der Waals surface area (Å²) in [5, 5.41) is 4.58. The molecule has 92 valence electrons. The lowest BCUT2D eigenvalue weighted by Gasteiger charge is -2.12. The summed E-state index contributed by atoms with van der Waals surface area (Å²) in [5.41, 5.74) is 3.36. The van der Waals surface area contributed by atoms with Gasteiger partial charge >= 0.3 is 0 Å². The number of rotatable bonds is 5. The maximum absolute atomic E-state index is 6.30. The van der Waals surface area contributed by atoms with Gasteiger partial charge in [-0.15, -0.1) is 11.6 Å². The van der Waals surface area contributed by atoms with Gasteiger partial charge in [-0.1, -0.05) is 6.92 Å². The Labute approximate surface area is 103 Å². The van der Waals surface area contributed by atoms with Crippen molar-refractivity contribution in [3.8, 4) is 0 Å². The van der Waals surface area contributed by atoms with Crippen molar-refractivity contribution in [1.82, 2.24) is 9.78 Å². The van der Waals surface area contributed by atoms with E-state index < -0.39 is 0 Å². The molecule has 4 heteroatoms. The van der Waals surface area contributed by atoms with Gasteiger partial charge in [0.15, 0.2) is 0 Å². The minimum atomic E-state index is 0.0617. The molecule has 0 N–H and O–H groups in total. The van der Waals surface area contributed by atoms with Crippen LogP contribution in [0, 0.1) is 13.8 Å². The van der Waals surface area contributed by atoms with Gasteiger partial charge in [-0.25, -0.2) is 0 Å². The Bertz CT molecular complexity index is 349. The van der Waals surface area contributed by atoms with E-state index in [0.29, 0.717) is 0 Å². The number of aryl methyl sites for hydroxylation is 1. The van der Waals surface area contributed by atoms with Gasteiger partial charge in [0.2, 0.25) is 0 Å². The number of hydrogen-bond acceptors (Lipinski definition) is 2. The first-order valence-electron chi connectivity index (χ1n) is 5.72. The number of alkyl halides is 1. The van der Waals surface area contributed by atoms with E-state index in [9.17, 15) is 0 Å². The van der Waals surface area contributed by atoms with E-state index >= 15 is 0 Å². The second kappa shape index (κ2) is 5.69. The van der Waals surface area contributed by atoms with Gasteiger partial charge in [0.1, 0.15) is 0 Å². The van der Waals surface area contributed by atoms with Crippen LogP contribution in [0.4, 0.5) is 0 Å². The normalized spacial score (nSPS) is 15.1. The van der Waals surface area contributed by atoms with Crippen molar-refractivity contribution < 1.29 is 4.74 Å². The van der Waals surface area contributed by atoms with Crippen molar-refractivity contribution >= 4 is 11.6 Å². The van der Waals surface area contributed by atoms with Crippen LogP contribution in [0.15, 0.2) is 0 Å². The molecule has 0 saturated heterocycles. The molecule has 0 bridgehead atoms. The molecule has 0 aromatic carbocycles. The van der Waals surface area contributed by atoms with Crippen LogP contribution in [0.5, 0.6) is 0 Å². The van der Waals surface area contributed by atoms with Crippen LogP contribution in [-0.2, 0) is 11.3 Å². The quantitative estimate of drug-likeness (QED) is 0.744. The Morgan fingerprint density at radius 1 is 1.44 bits per heavy atom. The largest absolute Gasteiger partial charge is 0.380 e. The minimum absolute atomic E-state index is 0.0617. The van der Waals surface area contributed by atoms with E-state index in [0.717, 1.165) is 24.4 Å². The molecule has 0 amide bonds. The van der Waals surface area contributed by atoms with Crippen LogP contribution in [-0.4, -0.2) is 23.0 Å². The Hall–Kier alpha value is -0.540. The highest BCUT2D eigenvalue weighted by molar-refractivity contribution is 6.20. The van der Waals surface area contributed by atoms with E-state index in [2.05, 4.69) is 18.9 Å². The van der Waals surface area contributed by atoms with E-state index in [4.69, 9.17) is 16.3 Å². The first-order chi connectivity index (χ1) is 7.51. The lowest BCUT2D eigenvalue weighted by molar-refractivity contribution is 0.0991. The summed E-state index contributed by atoms with van der Waals surface area (Å²) in [6.45, 7) is 8.99. The van der Waals surface area contributed by atoms with Crippen molar-refractivity contribution in [3.63, 3.8) is 0 Å². The fourth-order valence-electron chi connectivity index (χ4n) is 1.86. The first-order valence-corrected chi connectivity index (χ1v) is 6.15. The smallest absolute Gasteiger partial charge is 0.0739 e. The zero-order chi connectivity index (χ0) is 12.3. The molecule has 0 aliphatic rings. The summed E-state index contributed by atoms with van der Waals surface area (Å²) >= 11 is 6.30. The van der Waals surface area contributed by atoms with Gasteiger partial charge < -0.3 is 4.74 Å². The third-order valence-electron chi connectivity index (χ3n) is 2.94. The minimum Gasteiger partial charge on any atom is -0.380 e. The number of nitrogens with zero attached hydrogens (tertiary/aromatic N) is 2. The lowest BCUT2D eigenvalue weighted by Crippen LogP contribution is -2.16. The third kappa shape index (κ3) is 2.77. The van der Waals surface area contributed by atoms with Crippen LogP contribution in [0.25, 0.3) is 0 Å². The zero-order valence-electron chi connectivity index (χ0n) is 10.7. The Morgan fingerprint density at radius 3 is 2.56 bits per heavy atom. The molecule has 0 spiro atoms. The Kier molecular flexibility index (Phi) is 4.81. The maximum Gasteiger partial charge on any atom is 0.0739 e. The molecule has 0 saturated carbocycles. The van der Waals surface area contributed by atoms with Crippen molar-refractivity contribution in [1.29, 1.82) is 0 Å². The van der Waals surface area contributed by atoms with Crippen LogP contribution in [0.2, 0.25) is 0 Å². The Morgan fingerprint density at radius 2 is 2.06 bits per heavy atom. The van der Waals surface area contributed by atoms with E-state index in [-0.39, 0.29) is 11.5 Å². The summed E-state index contributed by atoms with van der Waals surface area (Å²) in [5.74, 6) is 0. The molecule has 0 aliphatic carbocycles. The molecule has 1 rings (SSSR count). The molecule has 0 radical (unpaired) electrons. The highest BCUT2D eigenvalue weighted by Crippen LogP contribution is 2.29. The lowest BCUT2D eigenvalue weighted by atomic mass is 10.1. The number of methoxy groups -OCH3 is 1. The van der Waals surface area contributed by atoms with Crippen molar-refractivity contribution in [3.05, 3.63) is 17.0 Å². The topological polar surface area (TPSA) is 27.1 Å². The molecule has 0 fully saturated rings. The van der Waals surface area contributed by atoms with Crippen molar-refractivity contribution in [2.45, 2.75) is 52.1 Å². The summed E-state index contributed by atoms with van der Waals surface area (Å²) in [6, 6.07) is 0. The van der Waals surface area contributed by atoms with Crippen LogP contribution in [0.1, 0.15) is 42.6 Å². The number of aromatic nitrogens is 2. The van der Waals surface area contributed by atoms with E-state index in [1.807, 2.05) is 18.5 Å². The molecule has 1 heterocycles. The average molecular weight is 245 g/mol. The van der Waals surface area contributed by atoms with Crippen LogP contribution >= 0.6 is 11.6 Å². The van der Waals surface area contributed by atoms with Gasteiger partial charge in [0.05, 0.1) is 23.7 Å². The SMILES string of the molecule is CCC(Cl)c1c(C)nn(CC(C)OC)c1C. The molecule has 0 aliphatic heterocycles. The standard InChI is InChI=1S/C12H21ClN2O/c1-6-11(13)12-9(3)14-15(10(12)4)7-8(2)16-5/h8,11H,6-7H2,1-5H3. The Balaban J connectivity index is 2.97. The molecular weight excluding hydrogens is 224 g/mol. The summed E-state index contributed by atoms with van der Waals surface area (Å²) < 4.78 is 7.24. The average Bonchev–Trinajstić information content (AvgIpc) is 2.53. The predicted octanol–water partition coefficient (Wildman–Crippen LogP) is 3.22. The molecule has 1 aromatic heterocycles. The van der Waals surface area contributed by atoms with E-state index in [1.54, 1.807) is 7.11 Å². The van der Waals surface area contributed by atoms with Gasteiger partial charge in [-0.2, -0.15) is 5.10 Å². The summed E-state index contributed by atoms with van der Waals surface area (Å²) in [7, 11) is 1.72. The van der Waals surface area contributed by atoms with Crippen LogP contribution < -0.4 is 0 Å². The predicted molar refractivity (Wildman–Crippen MR) is 67.1 cm³/mol. The fourth-order valence-corrected chi connectivity index (χ4v) is 2.18. The highest BCUT2D eigenvalue weighted by atomic mass is 35.5. The zero-order valence-corrected chi connectivity index (χ0v) is 11.5. The van der Waals surface area contributed by atoms with Gasteiger partial charge in [-0.3, -0.25) is 4.68 Å². The summed E-state index contributed by atoms with van der Waals surface area (Å²) in [6.07, 6.45) is 1.09. The molecule has 16 heavy (non-hydrogen) atoms. The van der Waals surface area contributed by atoms with Crippen molar-refractivity contribution in [2.75, 3.05) is 7.11 Å². The number of halogens is 1. The van der Waals surface area contributed by atoms with Gasteiger partial charge in [-0.05, 0) is 27.2 Å². The molecular formula is C12H21ClN2O. The molecule has 3 nitrogen and oxygen atoms in total. The van der Waals surface area contributed by atoms with Gasteiger partial charge in [0, 0.05) is 18.4 Å². The fraction of sp³-hybridized carbons (Fsp3) is 0.750. The second-order valence-electron chi connectivity index (χ2n) is 4.19. The second-order valence-corrected chi connectivity index (χ2v) is 4.72. The molecule has 2 unspecified atom stereocenters. The highest BCUT2D eigenvalue weighted by Gasteiger charge is 2.18.